The lowest BCUT2D eigenvalue weighted by atomic mass is 9.98. The number of amides is 1. The summed E-state index contributed by atoms with van der Waals surface area (Å²) in [5, 5.41) is 14.1. The Bertz CT molecular complexity index is 905. The SMILES string of the molecule is CN(C(=O)OC(C)(C)C)c1cc(Cl)nc2c(C(=O)CC3CC[C@H](O)C3)cnn12. The average Bonchev–Trinajstić information content (AvgIpc) is 3.17. The van der Waals surface area contributed by atoms with Gasteiger partial charge in [0, 0.05) is 19.5 Å². The van der Waals surface area contributed by atoms with Crippen LogP contribution in [-0.2, 0) is 4.74 Å². The molecule has 0 saturated heterocycles. The highest BCUT2D eigenvalue weighted by molar-refractivity contribution is 6.30. The minimum atomic E-state index is -0.654. The number of rotatable bonds is 4. The van der Waals surface area contributed by atoms with Crippen LogP contribution < -0.4 is 4.90 Å². The van der Waals surface area contributed by atoms with Gasteiger partial charge in [-0.3, -0.25) is 9.69 Å². The van der Waals surface area contributed by atoms with E-state index in [4.69, 9.17) is 16.3 Å². The zero-order chi connectivity index (χ0) is 20.6. The molecule has 9 heteroatoms. The van der Waals surface area contributed by atoms with Crippen molar-refractivity contribution in [3.63, 3.8) is 0 Å². The van der Waals surface area contributed by atoms with Crippen LogP contribution in [0.1, 0.15) is 56.8 Å². The first-order chi connectivity index (χ1) is 13.0. The minimum Gasteiger partial charge on any atom is -0.443 e. The van der Waals surface area contributed by atoms with E-state index in [1.165, 1.54) is 21.7 Å². The first-order valence-electron chi connectivity index (χ1n) is 9.27. The summed E-state index contributed by atoms with van der Waals surface area (Å²) in [4.78, 5) is 30.7. The second-order valence-electron chi connectivity index (χ2n) is 8.23. The van der Waals surface area contributed by atoms with E-state index >= 15 is 0 Å². The highest BCUT2D eigenvalue weighted by Crippen LogP contribution is 2.30. The number of Topliss-reactive ketones (excluding diaryl/α,β-unsaturated/α-hetero) is 1. The molecule has 2 aromatic heterocycles. The molecule has 0 aliphatic heterocycles. The van der Waals surface area contributed by atoms with E-state index in [9.17, 15) is 14.7 Å². The van der Waals surface area contributed by atoms with Crippen LogP contribution in [0.4, 0.5) is 10.6 Å². The number of ether oxygens (including phenoxy) is 1. The standard InChI is InChI=1S/C19H25ClN4O4/c1-19(2,3)28-18(27)23(4)16-9-15(20)22-17-13(10-21-24(16)17)14(26)8-11-5-6-12(25)7-11/h9-12,25H,5-8H2,1-4H3/t11?,12-/m0/s1. The third kappa shape index (κ3) is 4.44. The molecule has 2 atom stereocenters. The fourth-order valence-corrected chi connectivity index (χ4v) is 3.56. The molecule has 2 heterocycles. The van der Waals surface area contributed by atoms with E-state index in [1.807, 2.05) is 0 Å². The topological polar surface area (TPSA) is 97.0 Å². The zero-order valence-electron chi connectivity index (χ0n) is 16.5. The van der Waals surface area contributed by atoms with Gasteiger partial charge in [-0.1, -0.05) is 11.6 Å². The van der Waals surface area contributed by atoms with Gasteiger partial charge < -0.3 is 9.84 Å². The summed E-state index contributed by atoms with van der Waals surface area (Å²) in [6.07, 6.45) is 3.05. The minimum absolute atomic E-state index is 0.102. The van der Waals surface area contributed by atoms with Crippen LogP contribution in [0.15, 0.2) is 12.3 Å². The van der Waals surface area contributed by atoms with Crippen molar-refractivity contribution in [1.29, 1.82) is 0 Å². The normalized spacial score (nSPS) is 19.8. The molecule has 3 rings (SSSR count). The van der Waals surface area contributed by atoms with Gasteiger partial charge in [-0.15, -0.1) is 0 Å². The summed E-state index contributed by atoms with van der Waals surface area (Å²) in [5.41, 5.74) is -0.0116. The van der Waals surface area contributed by atoms with Gasteiger partial charge in [0.2, 0.25) is 0 Å². The summed E-state index contributed by atoms with van der Waals surface area (Å²) in [5.74, 6) is 0.398. The highest BCUT2D eigenvalue weighted by atomic mass is 35.5. The van der Waals surface area contributed by atoms with Gasteiger partial charge in [0.15, 0.2) is 11.4 Å². The number of nitrogens with zero attached hydrogens (tertiary/aromatic N) is 4. The first-order valence-corrected chi connectivity index (χ1v) is 9.65. The monoisotopic (exact) mass is 408 g/mol. The molecule has 0 spiro atoms. The van der Waals surface area contributed by atoms with Crippen LogP contribution in [0, 0.1) is 5.92 Å². The predicted octanol–water partition coefficient (Wildman–Crippen LogP) is 3.49. The van der Waals surface area contributed by atoms with Crippen LogP contribution in [0.2, 0.25) is 5.15 Å². The van der Waals surface area contributed by atoms with Gasteiger partial charge in [-0.2, -0.15) is 9.61 Å². The third-order valence-corrected chi connectivity index (χ3v) is 4.91. The Balaban J connectivity index is 1.90. The Kier molecular flexibility index (Phi) is 5.63. The van der Waals surface area contributed by atoms with Crippen molar-refractivity contribution in [3.05, 3.63) is 23.0 Å². The highest BCUT2D eigenvalue weighted by Gasteiger charge is 2.28. The van der Waals surface area contributed by atoms with Crippen LogP contribution >= 0.6 is 11.6 Å². The van der Waals surface area contributed by atoms with Gasteiger partial charge in [0.25, 0.3) is 0 Å². The van der Waals surface area contributed by atoms with E-state index in [2.05, 4.69) is 10.1 Å². The number of ketones is 1. The fraction of sp³-hybridized carbons (Fsp3) is 0.579. The Morgan fingerprint density at radius 1 is 1.39 bits per heavy atom. The molecule has 8 nitrogen and oxygen atoms in total. The van der Waals surface area contributed by atoms with Crippen molar-refractivity contribution in [1.82, 2.24) is 14.6 Å². The lowest BCUT2D eigenvalue weighted by Gasteiger charge is -2.24. The maximum atomic E-state index is 12.8. The number of hydrogen-bond donors (Lipinski definition) is 1. The molecular weight excluding hydrogens is 384 g/mol. The number of anilines is 1. The molecule has 0 radical (unpaired) electrons. The molecule has 1 aliphatic rings. The summed E-state index contributed by atoms with van der Waals surface area (Å²) in [6, 6.07) is 1.49. The van der Waals surface area contributed by atoms with Crippen molar-refractivity contribution in [3.8, 4) is 0 Å². The number of fused-ring (bicyclic) bond motifs is 1. The van der Waals surface area contributed by atoms with Crippen molar-refractivity contribution >= 4 is 34.9 Å². The van der Waals surface area contributed by atoms with E-state index in [1.54, 1.807) is 27.8 Å². The second-order valence-corrected chi connectivity index (χ2v) is 8.62. The number of aliphatic hydroxyl groups is 1. The van der Waals surface area contributed by atoms with E-state index in [-0.39, 0.29) is 23.0 Å². The predicted molar refractivity (Wildman–Crippen MR) is 105 cm³/mol. The van der Waals surface area contributed by atoms with Gasteiger partial charge in [-0.05, 0) is 46.0 Å². The zero-order valence-corrected chi connectivity index (χ0v) is 17.2. The maximum absolute atomic E-state index is 12.8. The second kappa shape index (κ2) is 7.67. The first kappa shape index (κ1) is 20.5. The molecule has 0 bridgehead atoms. The van der Waals surface area contributed by atoms with Crippen LogP contribution in [-0.4, -0.2) is 50.3 Å². The van der Waals surface area contributed by atoms with Crippen LogP contribution in [0.25, 0.3) is 5.65 Å². The van der Waals surface area contributed by atoms with Gasteiger partial charge >= 0.3 is 6.09 Å². The molecule has 2 aromatic rings. The van der Waals surface area contributed by atoms with Crippen molar-refractivity contribution in [2.75, 3.05) is 11.9 Å². The quantitative estimate of drug-likeness (QED) is 0.614. The third-order valence-electron chi connectivity index (χ3n) is 4.72. The molecule has 1 amide bonds. The van der Waals surface area contributed by atoms with Crippen molar-refractivity contribution < 1.29 is 19.4 Å². The van der Waals surface area contributed by atoms with Gasteiger partial charge in [0.1, 0.15) is 16.6 Å². The largest absolute Gasteiger partial charge is 0.443 e. The summed E-state index contributed by atoms with van der Waals surface area (Å²) in [7, 11) is 1.54. The fourth-order valence-electron chi connectivity index (χ4n) is 3.38. The summed E-state index contributed by atoms with van der Waals surface area (Å²) < 4.78 is 6.80. The van der Waals surface area contributed by atoms with E-state index in [0.29, 0.717) is 29.9 Å². The van der Waals surface area contributed by atoms with E-state index < -0.39 is 11.7 Å². The Hall–Kier alpha value is -2.19. The molecule has 1 fully saturated rings. The van der Waals surface area contributed by atoms with Crippen LogP contribution in [0.5, 0.6) is 0 Å². The number of aliphatic hydroxyl groups excluding tert-OH is 1. The molecule has 1 saturated carbocycles. The number of aromatic nitrogens is 3. The van der Waals surface area contributed by atoms with Crippen LogP contribution in [0.3, 0.4) is 0 Å². The maximum Gasteiger partial charge on any atom is 0.415 e. The Labute approximate surface area is 168 Å². The van der Waals surface area contributed by atoms with E-state index in [0.717, 1.165) is 12.8 Å². The van der Waals surface area contributed by atoms with Gasteiger partial charge in [0.05, 0.1) is 17.9 Å². The summed E-state index contributed by atoms with van der Waals surface area (Å²) >= 11 is 6.15. The van der Waals surface area contributed by atoms with Crippen molar-refractivity contribution in [2.24, 2.45) is 5.92 Å². The number of halogens is 1. The lowest BCUT2D eigenvalue weighted by molar-refractivity contribution is 0.0587. The molecule has 1 aliphatic carbocycles. The molecule has 1 N–H and O–H groups in total. The van der Waals surface area contributed by atoms with Crippen molar-refractivity contribution in [2.45, 2.75) is 58.2 Å². The summed E-state index contributed by atoms with van der Waals surface area (Å²) in [6.45, 7) is 5.33. The Morgan fingerprint density at radius 3 is 2.71 bits per heavy atom. The smallest absolute Gasteiger partial charge is 0.415 e. The van der Waals surface area contributed by atoms with Gasteiger partial charge in [-0.25, -0.2) is 9.78 Å². The number of carbonyl (C=O) groups is 2. The number of hydrogen-bond acceptors (Lipinski definition) is 6. The molecular formula is C19H25ClN4O4. The average molecular weight is 409 g/mol. The Morgan fingerprint density at radius 2 is 2.11 bits per heavy atom. The molecule has 0 aromatic carbocycles. The molecule has 152 valence electrons. The molecule has 1 unspecified atom stereocenters. The number of carbonyl (C=O) groups excluding carboxylic acids is 2. The lowest BCUT2D eigenvalue weighted by Crippen LogP contribution is -2.35. The molecule has 28 heavy (non-hydrogen) atoms.